The maximum Gasteiger partial charge on any atom is 0.127 e. The molecule has 0 aliphatic carbocycles. The second-order valence-electron chi connectivity index (χ2n) is 6.24. The summed E-state index contributed by atoms with van der Waals surface area (Å²) in [7, 11) is 0. The number of nitrogens with zero attached hydrogens (tertiary/aromatic N) is 1. The van der Waals surface area contributed by atoms with Crippen LogP contribution in [0.1, 0.15) is 22.3 Å². The van der Waals surface area contributed by atoms with Crippen LogP contribution in [0.5, 0.6) is 5.75 Å². The summed E-state index contributed by atoms with van der Waals surface area (Å²) in [4.78, 5) is 0. The zero-order valence-electron chi connectivity index (χ0n) is 15.0. The molecule has 0 unspecified atom stereocenters. The summed E-state index contributed by atoms with van der Waals surface area (Å²) in [6.07, 6.45) is 1.83. The van der Waals surface area contributed by atoms with Crippen molar-refractivity contribution >= 4 is 50.8 Å². The van der Waals surface area contributed by atoms with Crippen molar-refractivity contribution in [1.82, 2.24) is 0 Å². The zero-order valence-corrected chi connectivity index (χ0v) is 18.1. The van der Waals surface area contributed by atoms with Crippen molar-refractivity contribution in [2.45, 2.75) is 13.5 Å². The van der Waals surface area contributed by atoms with Crippen molar-refractivity contribution in [1.29, 1.82) is 5.26 Å². The Balaban J connectivity index is 1.91. The summed E-state index contributed by atoms with van der Waals surface area (Å²) in [6.45, 7) is 2.31. The SMILES string of the molecule is Cc1ccc(/C(C#N)=C/c2cc(Br)ccc2OCc2ccc(Cl)cc2Cl)cc1. The Morgan fingerprint density at radius 3 is 2.50 bits per heavy atom. The number of rotatable bonds is 5. The van der Waals surface area contributed by atoms with Crippen LogP contribution in [0.4, 0.5) is 0 Å². The molecule has 0 heterocycles. The van der Waals surface area contributed by atoms with E-state index in [1.807, 2.05) is 61.5 Å². The van der Waals surface area contributed by atoms with Gasteiger partial charge in [0.1, 0.15) is 12.4 Å². The maximum absolute atomic E-state index is 9.64. The number of ether oxygens (including phenoxy) is 1. The van der Waals surface area contributed by atoms with Gasteiger partial charge in [0.25, 0.3) is 0 Å². The number of benzene rings is 3. The Kier molecular flexibility index (Phi) is 6.80. The van der Waals surface area contributed by atoms with E-state index in [0.29, 0.717) is 28.0 Å². The lowest BCUT2D eigenvalue weighted by Crippen LogP contribution is -1.98. The van der Waals surface area contributed by atoms with Crippen LogP contribution < -0.4 is 4.74 Å². The topological polar surface area (TPSA) is 33.0 Å². The van der Waals surface area contributed by atoms with Gasteiger partial charge >= 0.3 is 0 Å². The van der Waals surface area contributed by atoms with Crippen LogP contribution in [-0.2, 0) is 6.61 Å². The van der Waals surface area contributed by atoms with Gasteiger partial charge in [0.2, 0.25) is 0 Å². The van der Waals surface area contributed by atoms with Crippen LogP contribution in [0.2, 0.25) is 10.0 Å². The summed E-state index contributed by atoms with van der Waals surface area (Å²) in [5.74, 6) is 0.661. The molecule has 0 saturated heterocycles. The van der Waals surface area contributed by atoms with E-state index in [9.17, 15) is 5.26 Å². The molecule has 0 aromatic heterocycles. The van der Waals surface area contributed by atoms with Gasteiger partial charge in [0.05, 0.1) is 11.6 Å². The number of halogens is 3. The predicted octanol–water partition coefficient (Wildman–Crippen LogP) is 7.71. The lowest BCUT2D eigenvalue weighted by atomic mass is 10.0. The molecule has 5 heteroatoms. The van der Waals surface area contributed by atoms with Crippen molar-refractivity contribution in [3.63, 3.8) is 0 Å². The molecule has 0 bridgehead atoms. The van der Waals surface area contributed by atoms with E-state index in [4.69, 9.17) is 27.9 Å². The second kappa shape index (κ2) is 9.30. The van der Waals surface area contributed by atoms with E-state index in [-0.39, 0.29) is 0 Å². The van der Waals surface area contributed by atoms with E-state index in [1.165, 1.54) is 0 Å². The Hall–Kier alpha value is -2.25. The van der Waals surface area contributed by atoms with Gasteiger partial charge < -0.3 is 4.74 Å². The Morgan fingerprint density at radius 1 is 1.07 bits per heavy atom. The molecule has 0 aliphatic heterocycles. The van der Waals surface area contributed by atoms with E-state index < -0.39 is 0 Å². The first-order valence-electron chi connectivity index (χ1n) is 8.51. The van der Waals surface area contributed by atoms with Crippen molar-refractivity contribution in [2.75, 3.05) is 0 Å². The van der Waals surface area contributed by atoms with Crippen LogP contribution in [0.3, 0.4) is 0 Å². The third-order valence-corrected chi connectivity index (χ3v) is 5.23. The normalized spacial score (nSPS) is 11.2. The molecule has 2 nitrogen and oxygen atoms in total. The van der Waals surface area contributed by atoms with E-state index in [2.05, 4.69) is 22.0 Å². The number of nitriles is 1. The molecule has 3 aromatic rings. The average Bonchev–Trinajstić information content (AvgIpc) is 2.67. The fourth-order valence-electron chi connectivity index (χ4n) is 2.63. The molecule has 3 aromatic carbocycles. The quantitative estimate of drug-likeness (QED) is 0.281. The minimum absolute atomic E-state index is 0.297. The molecule has 0 saturated carbocycles. The minimum atomic E-state index is 0.297. The van der Waals surface area contributed by atoms with Crippen molar-refractivity contribution < 1.29 is 4.74 Å². The van der Waals surface area contributed by atoms with Crippen LogP contribution in [0.25, 0.3) is 11.6 Å². The van der Waals surface area contributed by atoms with Gasteiger partial charge in [-0.25, -0.2) is 0 Å². The predicted molar refractivity (Wildman–Crippen MR) is 120 cm³/mol. The molecule has 0 N–H and O–H groups in total. The Bertz CT molecular complexity index is 1070. The third-order valence-electron chi connectivity index (χ3n) is 4.15. The molecular formula is C23H16BrCl2NO. The monoisotopic (exact) mass is 471 g/mol. The first-order valence-corrected chi connectivity index (χ1v) is 10.1. The molecule has 0 fully saturated rings. The molecule has 0 amide bonds. The van der Waals surface area contributed by atoms with Crippen LogP contribution >= 0.6 is 39.1 Å². The van der Waals surface area contributed by atoms with Crippen molar-refractivity contribution in [2.24, 2.45) is 0 Å². The smallest absolute Gasteiger partial charge is 0.127 e. The Labute approximate surface area is 183 Å². The minimum Gasteiger partial charge on any atom is -0.488 e. The highest BCUT2D eigenvalue weighted by Gasteiger charge is 2.08. The molecule has 0 atom stereocenters. The molecule has 0 spiro atoms. The van der Waals surface area contributed by atoms with Gasteiger partial charge in [0.15, 0.2) is 0 Å². The number of hydrogen-bond acceptors (Lipinski definition) is 2. The highest BCUT2D eigenvalue weighted by molar-refractivity contribution is 9.10. The summed E-state index contributed by atoms with van der Waals surface area (Å²) in [5, 5.41) is 10.8. The van der Waals surface area contributed by atoms with Gasteiger partial charge in [0, 0.05) is 25.6 Å². The number of hydrogen-bond donors (Lipinski definition) is 0. The molecule has 28 heavy (non-hydrogen) atoms. The lowest BCUT2D eigenvalue weighted by Gasteiger charge is -2.12. The molecule has 0 radical (unpaired) electrons. The zero-order chi connectivity index (χ0) is 20.1. The molecule has 0 aliphatic rings. The van der Waals surface area contributed by atoms with Crippen LogP contribution in [0, 0.1) is 18.3 Å². The molecule has 3 rings (SSSR count). The first-order chi connectivity index (χ1) is 13.5. The fraction of sp³-hybridized carbons (Fsp3) is 0.0870. The number of aryl methyl sites for hydroxylation is 1. The van der Waals surface area contributed by atoms with Crippen LogP contribution in [-0.4, -0.2) is 0 Å². The van der Waals surface area contributed by atoms with Gasteiger partial charge in [-0.3, -0.25) is 0 Å². The van der Waals surface area contributed by atoms with E-state index >= 15 is 0 Å². The highest BCUT2D eigenvalue weighted by atomic mass is 79.9. The summed E-state index contributed by atoms with van der Waals surface area (Å²) in [6, 6.07) is 21.1. The van der Waals surface area contributed by atoms with Gasteiger partial charge in [-0.15, -0.1) is 0 Å². The summed E-state index contributed by atoms with van der Waals surface area (Å²) in [5.41, 5.74) is 4.21. The van der Waals surface area contributed by atoms with E-state index in [0.717, 1.165) is 26.7 Å². The summed E-state index contributed by atoms with van der Waals surface area (Å²) >= 11 is 15.7. The fourth-order valence-corrected chi connectivity index (χ4v) is 3.47. The van der Waals surface area contributed by atoms with Gasteiger partial charge in [-0.05, 0) is 48.9 Å². The molecular weight excluding hydrogens is 457 g/mol. The third kappa shape index (κ3) is 5.17. The molecule has 140 valence electrons. The summed E-state index contributed by atoms with van der Waals surface area (Å²) < 4.78 is 6.90. The van der Waals surface area contributed by atoms with Gasteiger partial charge in [-0.2, -0.15) is 5.26 Å². The standard InChI is InChI=1S/C23H16BrCl2NO/c1-15-2-4-16(5-3-15)19(13-27)10-18-11-20(24)7-9-23(18)28-14-17-6-8-21(25)12-22(17)26/h2-12H,14H2,1H3/b19-10+. The first kappa shape index (κ1) is 20.5. The van der Waals surface area contributed by atoms with Gasteiger partial charge in [-0.1, -0.05) is 75.0 Å². The largest absolute Gasteiger partial charge is 0.488 e. The average molecular weight is 473 g/mol. The van der Waals surface area contributed by atoms with Crippen molar-refractivity contribution in [3.05, 3.63) is 97.4 Å². The number of allylic oxidation sites excluding steroid dienone is 1. The second-order valence-corrected chi connectivity index (χ2v) is 8.00. The lowest BCUT2D eigenvalue weighted by molar-refractivity contribution is 0.305. The van der Waals surface area contributed by atoms with Crippen LogP contribution in [0.15, 0.2) is 65.1 Å². The van der Waals surface area contributed by atoms with Crippen molar-refractivity contribution in [3.8, 4) is 11.8 Å². The maximum atomic E-state index is 9.64. The Morgan fingerprint density at radius 2 is 1.82 bits per heavy atom. The highest BCUT2D eigenvalue weighted by Crippen LogP contribution is 2.30. The van der Waals surface area contributed by atoms with E-state index in [1.54, 1.807) is 12.1 Å².